The molecule has 1 amide bonds. The van der Waals surface area contributed by atoms with E-state index in [2.05, 4.69) is 29.3 Å². The molecule has 0 bridgehead atoms. The molecule has 1 N–H and O–H groups in total. The van der Waals surface area contributed by atoms with Crippen molar-refractivity contribution in [3.63, 3.8) is 0 Å². The number of ether oxygens (including phenoxy) is 1. The molecule has 0 aliphatic carbocycles. The van der Waals surface area contributed by atoms with Gasteiger partial charge in [-0.1, -0.05) is 31.5 Å². The summed E-state index contributed by atoms with van der Waals surface area (Å²) in [6.45, 7) is 5.92. The predicted molar refractivity (Wildman–Crippen MR) is 126 cm³/mol. The Hall–Kier alpha value is -1.98. The van der Waals surface area contributed by atoms with Crippen LogP contribution in [0.25, 0.3) is 0 Å². The molecule has 1 heterocycles. The van der Waals surface area contributed by atoms with Crippen LogP contribution in [-0.2, 0) is 0 Å². The van der Waals surface area contributed by atoms with Gasteiger partial charge in [0.05, 0.1) is 6.61 Å². The molecule has 0 aromatic heterocycles. The van der Waals surface area contributed by atoms with Crippen molar-refractivity contribution in [3.8, 4) is 5.75 Å². The molecule has 0 saturated carbocycles. The van der Waals surface area contributed by atoms with E-state index in [1.807, 2.05) is 42.5 Å². The van der Waals surface area contributed by atoms with E-state index < -0.39 is 0 Å². The Morgan fingerprint density at radius 1 is 1.13 bits per heavy atom. The van der Waals surface area contributed by atoms with Gasteiger partial charge in [0.2, 0.25) is 0 Å². The summed E-state index contributed by atoms with van der Waals surface area (Å²) in [6.07, 6.45) is 6.22. The molecule has 2 aromatic carbocycles. The Morgan fingerprint density at radius 2 is 1.93 bits per heavy atom. The van der Waals surface area contributed by atoms with E-state index >= 15 is 0 Å². The normalized spacial score (nSPS) is 16.9. The number of carbonyl (C=O) groups excluding carboxylic acids is 1. The van der Waals surface area contributed by atoms with E-state index in [4.69, 9.17) is 4.74 Å². The van der Waals surface area contributed by atoms with E-state index in [9.17, 15) is 4.79 Å². The van der Waals surface area contributed by atoms with Gasteiger partial charge in [-0.2, -0.15) is 0 Å². The van der Waals surface area contributed by atoms with Crippen LogP contribution in [0.15, 0.2) is 59.5 Å². The Morgan fingerprint density at radius 3 is 2.70 bits per heavy atom. The zero-order valence-electron chi connectivity index (χ0n) is 18.0. The molecule has 3 rings (SSSR count). The van der Waals surface area contributed by atoms with E-state index in [1.54, 1.807) is 11.8 Å². The van der Waals surface area contributed by atoms with Crippen molar-refractivity contribution in [2.45, 2.75) is 50.0 Å². The summed E-state index contributed by atoms with van der Waals surface area (Å²) in [6, 6.07) is 18.5. The minimum Gasteiger partial charge on any atom is -0.493 e. The summed E-state index contributed by atoms with van der Waals surface area (Å²) >= 11 is 1.78. The fourth-order valence-electron chi connectivity index (χ4n) is 3.94. The van der Waals surface area contributed by atoms with Crippen LogP contribution in [0.2, 0.25) is 0 Å². The van der Waals surface area contributed by atoms with Gasteiger partial charge in [-0.3, -0.25) is 4.79 Å². The number of hydrogen-bond acceptors (Lipinski definition) is 4. The molecule has 1 saturated heterocycles. The highest BCUT2D eigenvalue weighted by atomic mass is 32.2. The highest BCUT2D eigenvalue weighted by Gasteiger charge is 2.19. The second-order valence-electron chi connectivity index (χ2n) is 7.74. The molecule has 162 valence electrons. The number of benzene rings is 2. The second kappa shape index (κ2) is 12.7. The summed E-state index contributed by atoms with van der Waals surface area (Å²) in [5, 5.41) is 3.05. The molecule has 1 aliphatic rings. The number of rotatable bonds is 11. The topological polar surface area (TPSA) is 41.6 Å². The van der Waals surface area contributed by atoms with Crippen LogP contribution in [0.1, 0.15) is 49.4 Å². The van der Waals surface area contributed by atoms with Crippen molar-refractivity contribution in [3.05, 3.63) is 60.2 Å². The van der Waals surface area contributed by atoms with Gasteiger partial charge in [0.15, 0.2) is 0 Å². The largest absolute Gasteiger partial charge is 0.493 e. The number of carbonyl (C=O) groups is 1. The fraction of sp³-hybridized carbons (Fsp3) is 0.480. The Labute approximate surface area is 185 Å². The average molecular weight is 427 g/mol. The lowest BCUT2D eigenvalue weighted by Gasteiger charge is -2.35. The van der Waals surface area contributed by atoms with Crippen LogP contribution in [0.5, 0.6) is 5.75 Å². The Bertz CT molecular complexity index is 752. The zero-order valence-corrected chi connectivity index (χ0v) is 18.8. The van der Waals surface area contributed by atoms with Crippen LogP contribution in [-0.4, -0.2) is 48.8 Å². The lowest BCUT2D eigenvalue weighted by Crippen LogP contribution is -2.40. The van der Waals surface area contributed by atoms with E-state index in [-0.39, 0.29) is 5.91 Å². The highest BCUT2D eigenvalue weighted by Crippen LogP contribution is 2.20. The molecule has 4 nitrogen and oxygen atoms in total. The lowest BCUT2D eigenvalue weighted by atomic mass is 10.00. The Balaban J connectivity index is 1.32. The minimum absolute atomic E-state index is 0.00753. The van der Waals surface area contributed by atoms with Crippen LogP contribution in [0.3, 0.4) is 0 Å². The van der Waals surface area contributed by atoms with Crippen molar-refractivity contribution >= 4 is 17.7 Å². The first-order valence-electron chi connectivity index (χ1n) is 11.2. The van der Waals surface area contributed by atoms with Crippen LogP contribution in [0, 0.1) is 0 Å². The van der Waals surface area contributed by atoms with Gasteiger partial charge >= 0.3 is 0 Å². The molecular weight excluding hydrogens is 392 g/mol. The molecule has 5 heteroatoms. The predicted octanol–water partition coefficient (Wildman–Crippen LogP) is 5.24. The lowest BCUT2D eigenvalue weighted by molar-refractivity contribution is 0.0947. The average Bonchev–Trinajstić information content (AvgIpc) is 2.81. The molecular formula is C25H34N2O2S. The number of nitrogens with one attached hydrogen (secondary N) is 1. The first-order chi connectivity index (χ1) is 14.8. The maximum Gasteiger partial charge on any atom is 0.251 e. The molecule has 2 aromatic rings. The van der Waals surface area contributed by atoms with Crippen molar-refractivity contribution in [2.24, 2.45) is 0 Å². The second-order valence-corrected chi connectivity index (χ2v) is 8.91. The number of thioether (sulfide) groups is 1. The van der Waals surface area contributed by atoms with E-state index in [0.29, 0.717) is 12.2 Å². The van der Waals surface area contributed by atoms with Gasteiger partial charge in [-0.25, -0.2) is 0 Å². The molecule has 1 aliphatic heterocycles. The van der Waals surface area contributed by atoms with Gasteiger partial charge in [0, 0.05) is 35.3 Å². The molecule has 0 unspecified atom stereocenters. The van der Waals surface area contributed by atoms with E-state index in [0.717, 1.165) is 37.1 Å². The van der Waals surface area contributed by atoms with Crippen molar-refractivity contribution in [1.82, 2.24) is 10.2 Å². The highest BCUT2D eigenvalue weighted by molar-refractivity contribution is 7.99. The molecule has 30 heavy (non-hydrogen) atoms. The summed E-state index contributed by atoms with van der Waals surface area (Å²) in [5.74, 6) is 1.69. The number of hydrogen-bond donors (Lipinski definition) is 1. The summed E-state index contributed by atoms with van der Waals surface area (Å²) in [7, 11) is 0. The molecule has 0 spiro atoms. The zero-order chi connectivity index (χ0) is 21.0. The third-order valence-corrected chi connectivity index (χ3v) is 6.58. The van der Waals surface area contributed by atoms with Gasteiger partial charge in [0.25, 0.3) is 5.91 Å². The van der Waals surface area contributed by atoms with Gasteiger partial charge in [0.1, 0.15) is 5.75 Å². The molecule has 0 radical (unpaired) electrons. The standard InChI is InChI=1S/C25H34N2O2S/c1-2-22-9-6-7-17-27(22)18-8-16-26-25(28)21-12-14-23(15-13-21)29-19-20-30-24-10-4-3-5-11-24/h3-5,10-15,22H,2,6-9,16-20H2,1H3,(H,26,28)/t22-/m0/s1. The fourth-order valence-corrected chi connectivity index (χ4v) is 4.69. The van der Waals surface area contributed by atoms with Crippen LogP contribution < -0.4 is 10.1 Å². The maximum atomic E-state index is 12.4. The number of piperidine rings is 1. The van der Waals surface area contributed by atoms with Gasteiger partial charge in [-0.05, 0) is 68.6 Å². The third-order valence-electron chi connectivity index (χ3n) is 5.61. The summed E-state index contributed by atoms with van der Waals surface area (Å²) in [4.78, 5) is 16.2. The molecule has 1 fully saturated rings. The van der Waals surface area contributed by atoms with Crippen LogP contribution >= 0.6 is 11.8 Å². The maximum absolute atomic E-state index is 12.4. The monoisotopic (exact) mass is 426 g/mol. The summed E-state index contributed by atoms with van der Waals surface area (Å²) in [5.41, 5.74) is 0.686. The van der Waals surface area contributed by atoms with Gasteiger partial charge in [-0.15, -0.1) is 11.8 Å². The summed E-state index contributed by atoms with van der Waals surface area (Å²) < 4.78 is 5.79. The van der Waals surface area contributed by atoms with E-state index in [1.165, 1.54) is 37.1 Å². The third kappa shape index (κ3) is 7.37. The molecule has 1 atom stereocenters. The smallest absolute Gasteiger partial charge is 0.251 e. The number of amides is 1. The first-order valence-corrected chi connectivity index (χ1v) is 12.2. The number of likely N-dealkylation sites (tertiary alicyclic amines) is 1. The SMILES string of the molecule is CC[C@H]1CCCCN1CCCNC(=O)c1ccc(OCCSc2ccccc2)cc1. The van der Waals surface area contributed by atoms with Crippen molar-refractivity contribution in [2.75, 3.05) is 32.0 Å². The van der Waals surface area contributed by atoms with Crippen molar-refractivity contribution in [1.29, 1.82) is 0 Å². The van der Waals surface area contributed by atoms with Crippen molar-refractivity contribution < 1.29 is 9.53 Å². The minimum atomic E-state index is -0.00753. The van der Waals surface area contributed by atoms with Gasteiger partial charge < -0.3 is 15.0 Å². The Kier molecular flexibility index (Phi) is 9.58. The number of nitrogens with zero attached hydrogens (tertiary/aromatic N) is 1. The quantitative estimate of drug-likeness (QED) is 0.394. The first kappa shape index (κ1) is 22.7. The van der Waals surface area contributed by atoms with Crippen LogP contribution in [0.4, 0.5) is 0 Å².